The fraction of sp³-hybridized carbons (Fsp3) is 0.133. The zero-order valence-corrected chi connectivity index (χ0v) is 10.0. The van der Waals surface area contributed by atoms with Gasteiger partial charge in [-0.3, -0.25) is 4.79 Å². The van der Waals surface area contributed by atoms with E-state index < -0.39 is 0 Å². The van der Waals surface area contributed by atoms with Gasteiger partial charge in [0.25, 0.3) is 0 Å². The molecule has 0 heterocycles. The van der Waals surface area contributed by atoms with E-state index in [0.717, 1.165) is 16.6 Å². The van der Waals surface area contributed by atoms with Crippen LogP contribution in [0.15, 0.2) is 54.1 Å². The Morgan fingerprint density at radius 2 is 1.76 bits per heavy atom. The number of rotatable bonds is 2. The lowest BCUT2D eigenvalue weighted by Gasteiger charge is -2.04. The number of amides is 1. The summed E-state index contributed by atoms with van der Waals surface area (Å²) in [6.45, 7) is 3.81. The van der Waals surface area contributed by atoms with Crippen LogP contribution < -0.4 is 5.32 Å². The van der Waals surface area contributed by atoms with Crippen LogP contribution in [0.2, 0.25) is 0 Å². The first kappa shape index (κ1) is 11.4. The van der Waals surface area contributed by atoms with Gasteiger partial charge in [-0.15, -0.1) is 0 Å². The zero-order chi connectivity index (χ0) is 12.3. The molecule has 2 rings (SSSR count). The van der Waals surface area contributed by atoms with Gasteiger partial charge >= 0.3 is 0 Å². The molecular formula is C15H15NO. The van der Waals surface area contributed by atoms with Crippen LogP contribution in [0.25, 0.3) is 10.8 Å². The largest absolute Gasteiger partial charge is 0.322 e. The van der Waals surface area contributed by atoms with Crippen LogP contribution in [0.4, 0.5) is 5.69 Å². The van der Waals surface area contributed by atoms with Gasteiger partial charge in [-0.25, -0.2) is 0 Å². The maximum Gasteiger partial charge on any atom is 0.248 e. The SMILES string of the molecule is CC(C)=CC(=O)Nc1ccc2ccccc2c1. The molecule has 0 saturated carbocycles. The molecule has 0 saturated heterocycles. The molecule has 86 valence electrons. The predicted molar refractivity (Wildman–Crippen MR) is 72.0 cm³/mol. The van der Waals surface area contributed by atoms with Crippen molar-refractivity contribution in [1.29, 1.82) is 0 Å². The lowest BCUT2D eigenvalue weighted by atomic mass is 10.1. The van der Waals surface area contributed by atoms with E-state index in [0.29, 0.717) is 0 Å². The van der Waals surface area contributed by atoms with E-state index >= 15 is 0 Å². The molecular weight excluding hydrogens is 210 g/mol. The van der Waals surface area contributed by atoms with Gasteiger partial charge in [-0.1, -0.05) is 35.9 Å². The summed E-state index contributed by atoms with van der Waals surface area (Å²) in [5.41, 5.74) is 1.81. The molecule has 0 aliphatic heterocycles. The van der Waals surface area contributed by atoms with Gasteiger partial charge in [0.2, 0.25) is 5.91 Å². The number of hydrogen-bond donors (Lipinski definition) is 1. The van der Waals surface area contributed by atoms with E-state index in [2.05, 4.69) is 11.4 Å². The van der Waals surface area contributed by atoms with Gasteiger partial charge in [0.1, 0.15) is 0 Å². The fourth-order valence-electron chi connectivity index (χ4n) is 1.71. The number of benzene rings is 2. The summed E-state index contributed by atoms with van der Waals surface area (Å²) in [6, 6.07) is 14.0. The molecule has 1 amide bonds. The van der Waals surface area contributed by atoms with Gasteiger partial charge < -0.3 is 5.32 Å². The van der Waals surface area contributed by atoms with Crippen LogP contribution in [-0.4, -0.2) is 5.91 Å². The van der Waals surface area contributed by atoms with E-state index in [9.17, 15) is 4.79 Å². The standard InChI is InChI=1S/C15H15NO/c1-11(2)9-15(17)16-14-8-7-12-5-3-4-6-13(12)10-14/h3-10H,1-2H3,(H,16,17). The second kappa shape index (κ2) is 4.83. The second-order valence-corrected chi connectivity index (χ2v) is 4.27. The van der Waals surface area contributed by atoms with Crippen LogP contribution in [-0.2, 0) is 4.79 Å². The molecule has 2 aromatic rings. The van der Waals surface area contributed by atoms with Crippen molar-refractivity contribution in [3.8, 4) is 0 Å². The summed E-state index contributed by atoms with van der Waals surface area (Å²) in [5.74, 6) is -0.0831. The summed E-state index contributed by atoms with van der Waals surface area (Å²) in [5, 5.41) is 5.15. The van der Waals surface area contributed by atoms with Crippen LogP contribution in [0.3, 0.4) is 0 Å². The van der Waals surface area contributed by atoms with Crippen molar-refractivity contribution in [1.82, 2.24) is 0 Å². The average Bonchev–Trinajstić information content (AvgIpc) is 2.27. The molecule has 0 aliphatic rings. The smallest absolute Gasteiger partial charge is 0.248 e. The highest BCUT2D eigenvalue weighted by molar-refractivity contribution is 6.01. The fourth-order valence-corrected chi connectivity index (χ4v) is 1.71. The van der Waals surface area contributed by atoms with E-state index in [1.54, 1.807) is 6.08 Å². The molecule has 0 aliphatic carbocycles. The van der Waals surface area contributed by atoms with Gasteiger partial charge in [0.05, 0.1) is 0 Å². The van der Waals surface area contributed by atoms with Crippen LogP contribution in [0, 0.1) is 0 Å². The van der Waals surface area contributed by atoms with E-state index in [4.69, 9.17) is 0 Å². The minimum absolute atomic E-state index is 0.0831. The van der Waals surface area contributed by atoms with Crippen molar-refractivity contribution < 1.29 is 4.79 Å². The Morgan fingerprint density at radius 3 is 2.47 bits per heavy atom. The third-order valence-electron chi connectivity index (χ3n) is 2.44. The van der Waals surface area contributed by atoms with Crippen LogP contribution in [0.1, 0.15) is 13.8 Å². The van der Waals surface area contributed by atoms with E-state index in [1.165, 1.54) is 5.39 Å². The normalized spacial score (nSPS) is 10.0. The Balaban J connectivity index is 2.25. The van der Waals surface area contributed by atoms with E-state index in [1.807, 2.05) is 50.2 Å². The van der Waals surface area contributed by atoms with Gasteiger partial charge in [-0.05, 0) is 36.8 Å². The molecule has 1 N–H and O–H groups in total. The summed E-state index contributed by atoms with van der Waals surface area (Å²) < 4.78 is 0. The van der Waals surface area contributed by atoms with Crippen molar-refractivity contribution in [2.45, 2.75) is 13.8 Å². The van der Waals surface area contributed by atoms with Gasteiger partial charge in [-0.2, -0.15) is 0 Å². The number of allylic oxidation sites excluding steroid dienone is 1. The molecule has 0 unspecified atom stereocenters. The molecule has 0 aromatic heterocycles. The number of fused-ring (bicyclic) bond motifs is 1. The quantitative estimate of drug-likeness (QED) is 0.775. The molecule has 0 radical (unpaired) electrons. The monoisotopic (exact) mass is 225 g/mol. The van der Waals surface area contributed by atoms with Crippen molar-refractivity contribution in [3.05, 3.63) is 54.1 Å². The Kier molecular flexibility index (Phi) is 3.24. The molecule has 0 atom stereocenters. The average molecular weight is 225 g/mol. The minimum atomic E-state index is -0.0831. The molecule has 2 aromatic carbocycles. The van der Waals surface area contributed by atoms with Crippen molar-refractivity contribution in [2.75, 3.05) is 5.32 Å². The van der Waals surface area contributed by atoms with Crippen molar-refractivity contribution in [2.24, 2.45) is 0 Å². The number of anilines is 1. The van der Waals surface area contributed by atoms with Crippen LogP contribution >= 0.6 is 0 Å². The van der Waals surface area contributed by atoms with Gasteiger partial charge in [0, 0.05) is 11.8 Å². The Bertz CT molecular complexity index is 580. The molecule has 0 fully saturated rings. The molecule has 2 nitrogen and oxygen atoms in total. The summed E-state index contributed by atoms with van der Waals surface area (Å²) in [4.78, 5) is 11.6. The first-order chi connectivity index (χ1) is 8.15. The zero-order valence-electron chi connectivity index (χ0n) is 10.0. The number of carbonyl (C=O) groups is 1. The summed E-state index contributed by atoms with van der Waals surface area (Å²) >= 11 is 0. The topological polar surface area (TPSA) is 29.1 Å². The van der Waals surface area contributed by atoms with Crippen molar-refractivity contribution >= 4 is 22.4 Å². The summed E-state index contributed by atoms with van der Waals surface area (Å²) in [6.07, 6.45) is 1.59. The first-order valence-electron chi connectivity index (χ1n) is 5.60. The summed E-state index contributed by atoms with van der Waals surface area (Å²) in [7, 11) is 0. The van der Waals surface area contributed by atoms with Crippen LogP contribution in [0.5, 0.6) is 0 Å². The lowest BCUT2D eigenvalue weighted by molar-refractivity contribution is -0.111. The molecule has 2 heteroatoms. The maximum atomic E-state index is 11.6. The molecule has 17 heavy (non-hydrogen) atoms. The first-order valence-corrected chi connectivity index (χ1v) is 5.60. The highest BCUT2D eigenvalue weighted by Crippen LogP contribution is 2.18. The maximum absolute atomic E-state index is 11.6. The third kappa shape index (κ3) is 2.94. The number of nitrogens with one attached hydrogen (secondary N) is 1. The van der Waals surface area contributed by atoms with Crippen molar-refractivity contribution in [3.63, 3.8) is 0 Å². The third-order valence-corrected chi connectivity index (χ3v) is 2.44. The minimum Gasteiger partial charge on any atom is -0.322 e. The Hall–Kier alpha value is -2.09. The Labute approximate surface area is 101 Å². The lowest BCUT2D eigenvalue weighted by Crippen LogP contribution is -2.08. The van der Waals surface area contributed by atoms with Gasteiger partial charge in [0.15, 0.2) is 0 Å². The molecule has 0 spiro atoms. The van der Waals surface area contributed by atoms with E-state index in [-0.39, 0.29) is 5.91 Å². The second-order valence-electron chi connectivity index (χ2n) is 4.27. The highest BCUT2D eigenvalue weighted by atomic mass is 16.1. The highest BCUT2D eigenvalue weighted by Gasteiger charge is 1.99. The Morgan fingerprint density at radius 1 is 1.06 bits per heavy atom. The number of hydrogen-bond acceptors (Lipinski definition) is 1. The number of carbonyl (C=O) groups excluding carboxylic acids is 1. The molecule has 0 bridgehead atoms. The predicted octanol–water partition coefficient (Wildman–Crippen LogP) is 3.74.